The number of hydrogen-bond acceptors (Lipinski definition) is 6. The number of aromatic nitrogens is 1. The Morgan fingerprint density at radius 3 is 2.58 bits per heavy atom. The highest BCUT2D eigenvalue weighted by molar-refractivity contribution is 9.11. The number of pyridine rings is 1. The largest absolute Gasteiger partial charge is 0.451 e. The minimum absolute atomic E-state index is 0.167. The van der Waals surface area contributed by atoms with E-state index in [1.807, 2.05) is 18.2 Å². The van der Waals surface area contributed by atoms with Crippen LogP contribution < -0.4 is 4.90 Å². The number of carbonyl (C=O) groups is 2. The SMILES string of the molecule is O=C(OCC(=O)N1CCN(c2ccccn2)CC1)c1ccc(Br)s1. The summed E-state index contributed by atoms with van der Waals surface area (Å²) in [5.41, 5.74) is 0. The van der Waals surface area contributed by atoms with Gasteiger partial charge < -0.3 is 14.5 Å². The van der Waals surface area contributed by atoms with Gasteiger partial charge in [0.15, 0.2) is 6.61 Å². The molecule has 1 saturated heterocycles. The van der Waals surface area contributed by atoms with Crippen molar-refractivity contribution in [2.45, 2.75) is 0 Å². The van der Waals surface area contributed by atoms with Gasteiger partial charge in [-0.05, 0) is 40.2 Å². The number of esters is 1. The van der Waals surface area contributed by atoms with Crippen LogP contribution in [0.4, 0.5) is 5.82 Å². The lowest BCUT2D eigenvalue weighted by Crippen LogP contribution is -2.50. The summed E-state index contributed by atoms with van der Waals surface area (Å²) < 4.78 is 5.95. The van der Waals surface area contributed by atoms with E-state index in [0.717, 1.165) is 9.60 Å². The zero-order valence-corrected chi connectivity index (χ0v) is 15.3. The Morgan fingerprint density at radius 2 is 1.96 bits per heavy atom. The molecule has 2 aromatic rings. The average molecular weight is 410 g/mol. The summed E-state index contributed by atoms with van der Waals surface area (Å²) in [6, 6.07) is 9.23. The molecule has 0 atom stereocenters. The van der Waals surface area contributed by atoms with Crippen LogP contribution in [0, 0.1) is 0 Å². The Bertz CT molecular complexity index is 714. The molecule has 0 bridgehead atoms. The van der Waals surface area contributed by atoms with Crippen LogP contribution in [0.25, 0.3) is 0 Å². The van der Waals surface area contributed by atoms with Crippen LogP contribution in [0.2, 0.25) is 0 Å². The van der Waals surface area contributed by atoms with Crippen molar-refractivity contribution in [2.75, 3.05) is 37.7 Å². The molecule has 126 valence electrons. The molecule has 3 rings (SSSR count). The molecule has 6 nitrogen and oxygen atoms in total. The van der Waals surface area contributed by atoms with Crippen LogP contribution in [-0.4, -0.2) is 54.5 Å². The van der Waals surface area contributed by atoms with Gasteiger partial charge in [-0.1, -0.05) is 6.07 Å². The normalized spacial score (nSPS) is 14.5. The number of rotatable bonds is 4. The smallest absolute Gasteiger partial charge is 0.348 e. The van der Waals surface area contributed by atoms with Gasteiger partial charge in [0.2, 0.25) is 0 Å². The van der Waals surface area contributed by atoms with Crippen molar-refractivity contribution in [3.8, 4) is 0 Å². The first-order chi connectivity index (χ1) is 11.6. The van der Waals surface area contributed by atoms with Crippen molar-refractivity contribution in [1.29, 1.82) is 0 Å². The molecule has 1 aliphatic heterocycles. The van der Waals surface area contributed by atoms with E-state index >= 15 is 0 Å². The van der Waals surface area contributed by atoms with Crippen LogP contribution in [0.5, 0.6) is 0 Å². The third kappa shape index (κ3) is 4.12. The highest BCUT2D eigenvalue weighted by atomic mass is 79.9. The Kier molecular flexibility index (Phi) is 5.47. The van der Waals surface area contributed by atoms with E-state index in [1.165, 1.54) is 11.3 Å². The topological polar surface area (TPSA) is 62.7 Å². The molecule has 0 radical (unpaired) electrons. The van der Waals surface area contributed by atoms with E-state index in [9.17, 15) is 9.59 Å². The van der Waals surface area contributed by atoms with Gasteiger partial charge in [-0.3, -0.25) is 4.79 Å². The van der Waals surface area contributed by atoms with Crippen molar-refractivity contribution >= 4 is 45.0 Å². The number of ether oxygens (including phenoxy) is 1. The molecule has 0 aromatic carbocycles. The lowest BCUT2D eigenvalue weighted by Gasteiger charge is -2.35. The molecule has 0 saturated carbocycles. The monoisotopic (exact) mass is 409 g/mol. The lowest BCUT2D eigenvalue weighted by molar-refractivity contribution is -0.134. The quantitative estimate of drug-likeness (QED) is 0.725. The van der Waals surface area contributed by atoms with E-state index in [-0.39, 0.29) is 12.5 Å². The molecule has 1 fully saturated rings. The zero-order chi connectivity index (χ0) is 16.9. The fourth-order valence-electron chi connectivity index (χ4n) is 2.44. The molecule has 1 aliphatic rings. The second-order valence-electron chi connectivity index (χ2n) is 5.24. The fourth-order valence-corrected chi connectivity index (χ4v) is 3.72. The molecule has 0 aliphatic carbocycles. The maximum Gasteiger partial charge on any atom is 0.348 e. The number of nitrogens with zero attached hydrogens (tertiary/aromatic N) is 3. The number of carbonyl (C=O) groups excluding carboxylic acids is 2. The summed E-state index contributed by atoms with van der Waals surface area (Å²) in [7, 11) is 0. The van der Waals surface area contributed by atoms with Gasteiger partial charge >= 0.3 is 5.97 Å². The predicted molar refractivity (Wildman–Crippen MR) is 95.3 cm³/mol. The second kappa shape index (κ2) is 7.76. The summed E-state index contributed by atoms with van der Waals surface area (Å²) in [4.78, 5) is 32.7. The van der Waals surface area contributed by atoms with Crippen LogP contribution >= 0.6 is 27.3 Å². The van der Waals surface area contributed by atoms with Crippen molar-refractivity contribution in [1.82, 2.24) is 9.88 Å². The molecular weight excluding hydrogens is 394 g/mol. The number of hydrogen-bond donors (Lipinski definition) is 0. The summed E-state index contributed by atoms with van der Waals surface area (Å²) >= 11 is 4.58. The van der Waals surface area contributed by atoms with Crippen molar-refractivity contribution in [2.24, 2.45) is 0 Å². The fraction of sp³-hybridized carbons (Fsp3) is 0.312. The molecule has 0 spiro atoms. The van der Waals surface area contributed by atoms with E-state index in [4.69, 9.17) is 4.74 Å². The first-order valence-electron chi connectivity index (χ1n) is 7.50. The number of amides is 1. The molecule has 8 heteroatoms. The first-order valence-corrected chi connectivity index (χ1v) is 9.10. The third-order valence-corrected chi connectivity index (χ3v) is 5.31. The van der Waals surface area contributed by atoms with Crippen molar-refractivity contribution in [3.63, 3.8) is 0 Å². The zero-order valence-electron chi connectivity index (χ0n) is 12.9. The van der Waals surface area contributed by atoms with Gasteiger partial charge in [-0.25, -0.2) is 9.78 Å². The maximum atomic E-state index is 12.2. The molecule has 0 unspecified atom stereocenters. The minimum Gasteiger partial charge on any atom is -0.451 e. The number of thiophene rings is 1. The van der Waals surface area contributed by atoms with Crippen molar-refractivity contribution in [3.05, 3.63) is 45.2 Å². The van der Waals surface area contributed by atoms with Crippen LogP contribution in [-0.2, 0) is 9.53 Å². The Hall–Kier alpha value is -1.93. The standard InChI is InChI=1S/C16H16BrN3O3S/c17-13-5-4-12(24-13)16(22)23-11-15(21)20-9-7-19(8-10-20)14-3-1-2-6-18-14/h1-6H,7-11H2. The van der Waals surface area contributed by atoms with Gasteiger partial charge in [0, 0.05) is 32.4 Å². The van der Waals surface area contributed by atoms with Gasteiger partial charge in [-0.15, -0.1) is 11.3 Å². The third-order valence-electron chi connectivity index (χ3n) is 3.71. The predicted octanol–water partition coefficient (Wildman–Crippen LogP) is 2.41. The Balaban J connectivity index is 1.46. The second-order valence-corrected chi connectivity index (χ2v) is 7.70. The number of piperazine rings is 1. The molecular formula is C16H16BrN3O3S. The summed E-state index contributed by atoms with van der Waals surface area (Å²) in [5.74, 6) is 0.283. The van der Waals surface area contributed by atoms with Crippen LogP contribution in [0.1, 0.15) is 9.67 Å². The summed E-state index contributed by atoms with van der Waals surface area (Å²) in [6.45, 7) is 2.40. The highest BCUT2D eigenvalue weighted by Gasteiger charge is 2.23. The van der Waals surface area contributed by atoms with Crippen LogP contribution in [0.3, 0.4) is 0 Å². The van der Waals surface area contributed by atoms with Crippen molar-refractivity contribution < 1.29 is 14.3 Å². The number of halogens is 1. The number of anilines is 1. The molecule has 2 aromatic heterocycles. The van der Waals surface area contributed by atoms with Gasteiger partial charge in [0.1, 0.15) is 10.7 Å². The summed E-state index contributed by atoms with van der Waals surface area (Å²) in [6.07, 6.45) is 1.76. The van der Waals surface area contributed by atoms with E-state index in [0.29, 0.717) is 31.1 Å². The van der Waals surface area contributed by atoms with E-state index < -0.39 is 5.97 Å². The molecule has 24 heavy (non-hydrogen) atoms. The maximum absolute atomic E-state index is 12.2. The molecule has 1 amide bonds. The molecule has 3 heterocycles. The van der Waals surface area contributed by atoms with E-state index in [1.54, 1.807) is 23.2 Å². The van der Waals surface area contributed by atoms with Crippen LogP contribution in [0.15, 0.2) is 40.3 Å². The average Bonchev–Trinajstić information content (AvgIpc) is 3.07. The Morgan fingerprint density at radius 1 is 1.17 bits per heavy atom. The first kappa shape index (κ1) is 16.9. The van der Waals surface area contributed by atoms with Gasteiger partial charge in [0.25, 0.3) is 5.91 Å². The highest BCUT2D eigenvalue weighted by Crippen LogP contribution is 2.22. The lowest BCUT2D eigenvalue weighted by atomic mass is 10.3. The van der Waals surface area contributed by atoms with Gasteiger partial charge in [0.05, 0.1) is 3.79 Å². The minimum atomic E-state index is -0.467. The van der Waals surface area contributed by atoms with E-state index in [2.05, 4.69) is 25.8 Å². The Labute approximate surface area is 152 Å². The summed E-state index contributed by atoms with van der Waals surface area (Å²) in [5, 5.41) is 0. The molecule has 0 N–H and O–H groups in total. The van der Waals surface area contributed by atoms with Gasteiger partial charge in [-0.2, -0.15) is 0 Å².